The van der Waals surface area contributed by atoms with Gasteiger partial charge in [-0.05, 0) is 37.3 Å². The van der Waals surface area contributed by atoms with Crippen LogP contribution in [0.5, 0.6) is 5.75 Å². The average Bonchev–Trinajstić information content (AvgIpc) is 3.05. The van der Waals surface area contributed by atoms with E-state index in [1.807, 2.05) is 0 Å². The number of aromatic nitrogens is 3. The first-order valence-corrected chi connectivity index (χ1v) is 7.03. The van der Waals surface area contributed by atoms with Gasteiger partial charge >= 0.3 is 0 Å². The standard InChI is InChI=1S/C16H12F3N3O2/c1-9(17)15-21-22-16(24-15)10-6-13(19)14(20-7-10)8-23-12-4-2-11(18)3-5-12/h2-7,9H,8H2,1H3. The highest BCUT2D eigenvalue weighted by atomic mass is 19.1. The topological polar surface area (TPSA) is 61.0 Å². The van der Waals surface area contributed by atoms with Gasteiger partial charge in [-0.1, -0.05) is 0 Å². The molecule has 2 aromatic heterocycles. The van der Waals surface area contributed by atoms with Gasteiger partial charge < -0.3 is 9.15 Å². The van der Waals surface area contributed by atoms with Crippen molar-refractivity contribution in [1.82, 2.24) is 15.2 Å². The van der Waals surface area contributed by atoms with Gasteiger partial charge in [0.25, 0.3) is 5.89 Å². The number of ether oxygens (including phenoxy) is 1. The van der Waals surface area contributed by atoms with Crippen LogP contribution in [0.25, 0.3) is 11.5 Å². The molecule has 8 heteroatoms. The van der Waals surface area contributed by atoms with Crippen molar-refractivity contribution in [2.24, 2.45) is 0 Å². The van der Waals surface area contributed by atoms with Crippen LogP contribution in [0.15, 0.2) is 40.9 Å². The van der Waals surface area contributed by atoms with Crippen LogP contribution < -0.4 is 4.74 Å². The van der Waals surface area contributed by atoms with E-state index in [4.69, 9.17) is 9.15 Å². The fourth-order valence-corrected chi connectivity index (χ4v) is 1.88. The Morgan fingerprint density at radius 1 is 1.17 bits per heavy atom. The lowest BCUT2D eigenvalue weighted by molar-refractivity contribution is 0.293. The molecule has 0 radical (unpaired) electrons. The zero-order valence-electron chi connectivity index (χ0n) is 12.5. The van der Waals surface area contributed by atoms with Crippen LogP contribution in [-0.4, -0.2) is 15.2 Å². The second-order valence-corrected chi connectivity index (χ2v) is 4.96. The summed E-state index contributed by atoms with van der Waals surface area (Å²) < 4.78 is 50.4. The summed E-state index contributed by atoms with van der Waals surface area (Å²) in [6, 6.07) is 6.48. The molecule has 24 heavy (non-hydrogen) atoms. The van der Waals surface area contributed by atoms with E-state index in [-0.39, 0.29) is 29.6 Å². The number of rotatable bonds is 5. The van der Waals surface area contributed by atoms with E-state index < -0.39 is 17.8 Å². The van der Waals surface area contributed by atoms with Crippen molar-refractivity contribution in [2.75, 3.05) is 0 Å². The highest BCUT2D eigenvalue weighted by Crippen LogP contribution is 2.23. The van der Waals surface area contributed by atoms with E-state index in [0.29, 0.717) is 5.75 Å². The van der Waals surface area contributed by atoms with E-state index in [2.05, 4.69) is 15.2 Å². The quantitative estimate of drug-likeness (QED) is 0.705. The molecule has 0 fully saturated rings. The monoisotopic (exact) mass is 335 g/mol. The molecule has 3 rings (SSSR count). The maximum Gasteiger partial charge on any atom is 0.250 e. The van der Waals surface area contributed by atoms with Crippen LogP contribution in [0.4, 0.5) is 13.2 Å². The van der Waals surface area contributed by atoms with Crippen molar-refractivity contribution >= 4 is 0 Å². The lowest BCUT2D eigenvalue weighted by Crippen LogP contribution is -2.02. The van der Waals surface area contributed by atoms with Gasteiger partial charge in [-0.3, -0.25) is 4.98 Å². The number of alkyl halides is 1. The van der Waals surface area contributed by atoms with Crippen LogP contribution in [-0.2, 0) is 6.61 Å². The SMILES string of the molecule is CC(F)c1nnc(-c2cnc(COc3ccc(F)cc3)c(F)c2)o1. The van der Waals surface area contributed by atoms with E-state index >= 15 is 0 Å². The smallest absolute Gasteiger partial charge is 0.250 e. The minimum Gasteiger partial charge on any atom is -0.487 e. The molecule has 2 heterocycles. The number of pyridine rings is 1. The Bertz CT molecular complexity index is 835. The Hall–Kier alpha value is -2.90. The summed E-state index contributed by atoms with van der Waals surface area (Å²) >= 11 is 0. The number of hydrogen-bond donors (Lipinski definition) is 0. The first-order valence-electron chi connectivity index (χ1n) is 7.03. The minimum absolute atomic E-state index is 0.0214. The van der Waals surface area contributed by atoms with Gasteiger partial charge in [0, 0.05) is 6.20 Å². The third kappa shape index (κ3) is 3.53. The molecule has 124 valence electrons. The minimum atomic E-state index is -1.41. The van der Waals surface area contributed by atoms with Gasteiger partial charge in [0.2, 0.25) is 5.89 Å². The predicted octanol–water partition coefficient (Wildman–Crippen LogP) is 4.02. The second kappa shape index (κ2) is 6.69. The van der Waals surface area contributed by atoms with Crippen LogP contribution in [0.3, 0.4) is 0 Å². The van der Waals surface area contributed by atoms with Crippen LogP contribution in [0.2, 0.25) is 0 Å². The molecular formula is C16H12F3N3O2. The second-order valence-electron chi connectivity index (χ2n) is 4.96. The van der Waals surface area contributed by atoms with Crippen molar-refractivity contribution < 1.29 is 22.3 Å². The maximum atomic E-state index is 14.1. The molecule has 0 aliphatic heterocycles. The molecular weight excluding hydrogens is 323 g/mol. The Labute approximate surface area is 135 Å². The Morgan fingerprint density at radius 2 is 1.92 bits per heavy atom. The highest BCUT2D eigenvalue weighted by molar-refractivity contribution is 5.51. The molecule has 1 atom stereocenters. The van der Waals surface area contributed by atoms with Crippen molar-refractivity contribution in [2.45, 2.75) is 19.7 Å². The first-order chi connectivity index (χ1) is 11.5. The summed E-state index contributed by atoms with van der Waals surface area (Å²) in [6.45, 7) is 1.13. The summed E-state index contributed by atoms with van der Waals surface area (Å²) in [6.07, 6.45) is -0.0838. The molecule has 3 aromatic rings. The Morgan fingerprint density at radius 3 is 2.54 bits per heavy atom. The normalized spacial score (nSPS) is 12.2. The predicted molar refractivity (Wildman–Crippen MR) is 77.7 cm³/mol. The number of benzene rings is 1. The maximum absolute atomic E-state index is 14.1. The van der Waals surface area contributed by atoms with Gasteiger partial charge in [0.1, 0.15) is 29.7 Å². The molecule has 1 unspecified atom stereocenters. The fourth-order valence-electron chi connectivity index (χ4n) is 1.88. The number of hydrogen-bond acceptors (Lipinski definition) is 5. The van der Waals surface area contributed by atoms with Crippen LogP contribution in [0.1, 0.15) is 24.7 Å². The van der Waals surface area contributed by atoms with Crippen molar-refractivity contribution in [3.05, 3.63) is 59.7 Å². The van der Waals surface area contributed by atoms with Gasteiger partial charge in [0.05, 0.1) is 5.56 Å². The summed E-state index contributed by atoms with van der Waals surface area (Å²) in [7, 11) is 0. The Kier molecular flexibility index (Phi) is 4.45. The zero-order valence-corrected chi connectivity index (χ0v) is 12.5. The third-order valence-electron chi connectivity index (χ3n) is 3.13. The van der Waals surface area contributed by atoms with Gasteiger partial charge in [0.15, 0.2) is 6.17 Å². The van der Waals surface area contributed by atoms with E-state index in [9.17, 15) is 13.2 Å². The van der Waals surface area contributed by atoms with Gasteiger partial charge in [-0.2, -0.15) is 0 Å². The molecule has 0 N–H and O–H groups in total. The summed E-state index contributed by atoms with van der Waals surface area (Å²) in [4.78, 5) is 3.95. The lowest BCUT2D eigenvalue weighted by Gasteiger charge is -2.07. The lowest BCUT2D eigenvalue weighted by atomic mass is 10.2. The van der Waals surface area contributed by atoms with Crippen molar-refractivity contribution in [3.63, 3.8) is 0 Å². The molecule has 0 aliphatic rings. The molecule has 0 saturated heterocycles. The Balaban J connectivity index is 1.73. The number of nitrogens with zero attached hydrogens (tertiary/aromatic N) is 3. The molecule has 0 aliphatic carbocycles. The summed E-state index contributed by atoms with van der Waals surface area (Å²) in [5, 5.41) is 7.18. The van der Waals surface area contributed by atoms with Crippen LogP contribution >= 0.6 is 0 Å². The molecule has 0 bridgehead atoms. The molecule has 0 amide bonds. The number of halogens is 3. The average molecular weight is 335 g/mol. The van der Waals surface area contributed by atoms with E-state index in [0.717, 1.165) is 6.07 Å². The molecule has 5 nitrogen and oxygen atoms in total. The van der Waals surface area contributed by atoms with E-state index in [1.54, 1.807) is 0 Å². The van der Waals surface area contributed by atoms with Gasteiger partial charge in [-0.25, -0.2) is 13.2 Å². The molecule has 1 aromatic carbocycles. The molecule has 0 spiro atoms. The largest absolute Gasteiger partial charge is 0.487 e. The zero-order chi connectivity index (χ0) is 17.1. The van der Waals surface area contributed by atoms with Crippen molar-refractivity contribution in [1.29, 1.82) is 0 Å². The van der Waals surface area contributed by atoms with Crippen molar-refractivity contribution in [3.8, 4) is 17.2 Å². The summed E-state index contributed by atoms with van der Waals surface area (Å²) in [5.41, 5.74) is 0.291. The van der Waals surface area contributed by atoms with E-state index in [1.165, 1.54) is 37.4 Å². The first kappa shape index (κ1) is 16.0. The van der Waals surface area contributed by atoms with Crippen LogP contribution in [0, 0.1) is 11.6 Å². The molecule has 0 saturated carbocycles. The van der Waals surface area contributed by atoms with Gasteiger partial charge in [-0.15, -0.1) is 10.2 Å². The highest BCUT2D eigenvalue weighted by Gasteiger charge is 2.16. The fraction of sp³-hybridized carbons (Fsp3) is 0.188. The third-order valence-corrected chi connectivity index (χ3v) is 3.13. The summed E-state index contributed by atoms with van der Waals surface area (Å²) in [5.74, 6) is -0.846.